The van der Waals surface area contributed by atoms with Gasteiger partial charge in [-0.3, -0.25) is 4.79 Å². The zero-order valence-electron chi connectivity index (χ0n) is 13.9. The molecule has 0 aromatic heterocycles. The molecule has 0 heterocycles. The molecule has 2 aromatic rings. The van der Waals surface area contributed by atoms with E-state index >= 15 is 0 Å². The maximum Gasteiger partial charge on any atom is 0.221 e. The predicted octanol–water partition coefficient (Wildman–Crippen LogP) is 4.00. The van der Waals surface area contributed by atoms with E-state index in [-0.39, 0.29) is 5.91 Å². The van der Waals surface area contributed by atoms with E-state index in [4.69, 9.17) is 32.7 Å². The van der Waals surface area contributed by atoms with Crippen LogP contribution in [0.15, 0.2) is 42.5 Å². The smallest absolute Gasteiger partial charge is 0.221 e. The van der Waals surface area contributed by atoms with Gasteiger partial charge in [-0.2, -0.15) is 0 Å². The molecule has 0 aliphatic heterocycles. The van der Waals surface area contributed by atoms with Gasteiger partial charge in [0.25, 0.3) is 0 Å². The normalized spacial score (nSPS) is 10.2. The van der Waals surface area contributed by atoms with Gasteiger partial charge in [0.15, 0.2) is 0 Å². The van der Waals surface area contributed by atoms with Crippen molar-refractivity contribution < 1.29 is 14.3 Å². The molecule has 2 N–H and O–H groups in total. The Balaban J connectivity index is 1.61. The third-order valence-corrected chi connectivity index (χ3v) is 4.19. The maximum absolute atomic E-state index is 11.8. The molecule has 0 fully saturated rings. The van der Waals surface area contributed by atoms with Crippen molar-refractivity contribution in [1.29, 1.82) is 0 Å². The molecule has 0 unspecified atom stereocenters. The molecule has 0 saturated heterocycles. The summed E-state index contributed by atoms with van der Waals surface area (Å²) in [5, 5.41) is 6.83. The van der Waals surface area contributed by atoms with Crippen molar-refractivity contribution in [2.75, 3.05) is 32.1 Å². The lowest BCUT2D eigenvalue weighted by Crippen LogP contribution is -2.29. The highest BCUT2D eigenvalue weighted by molar-refractivity contribution is 6.43. The van der Waals surface area contributed by atoms with Gasteiger partial charge in [-0.05, 0) is 36.4 Å². The Labute approximate surface area is 157 Å². The zero-order valence-corrected chi connectivity index (χ0v) is 15.4. The summed E-state index contributed by atoms with van der Waals surface area (Å²) < 4.78 is 10.6. The van der Waals surface area contributed by atoms with Gasteiger partial charge in [-0.1, -0.05) is 29.3 Å². The quantitative estimate of drug-likeness (QED) is 0.643. The van der Waals surface area contributed by atoms with Crippen LogP contribution in [0.25, 0.3) is 0 Å². The molecule has 0 saturated carbocycles. The van der Waals surface area contributed by atoms with Gasteiger partial charge in [0, 0.05) is 13.0 Å². The number of anilines is 1. The van der Waals surface area contributed by atoms with Crippen molar-refractivity contribution in [1.82, 2.24) is 5.32 Å². The van der Waals surface area contributed by atoms with Crippen molar-refractivity contribution in [2.45, 2.75) is 6.42 Å². The van der Waals surface area contributed by atoms with E-state index in [2.05, 4.69) is 10.6 Å². The summed E-state index contributed by atoms with van der Waals surface area (Å²) in [6.45, 7) is 1.29. The van der Waals surface area contributed by atoms with E-state index in [0.717, 1.165) is 11.5 Å². The Kier molecular flexibility index (Phi) is 7.70. The standard InChI is InChI=1S/C18H20Cl2N2O3/c1-24-13-5-7-14(8-6-13)25-12-11-22-17(23)9-10-21-16-4-2-3-15(19)18(16)20/h2-8,21H,9-12H2,1H3,(H,22,23). The minimum atomic E-state index is -0.0658. The lowest BCUT2D eigenvalue weighted by molar-refractivity contribution is -0.120. The van der Waals surface area contributed by atoms with Crippen LogP contribution in [0, 0.1) is 0 Å². The summed E-state index contributed by atoms with van der Waals surface area (Å²) >= 11 is 12.0. The number of carbonyl (C=O) groups is 1. The largest absolute Gasteiger partial charge is 0.497 e. The Morgan fingerprint density at radius 3 is 2.48 bits per heavy atom. The van der Waals surface area contributed by atoms with Crippen LogP contribution < -0.4 is 20.1 Å². The number of ether oxygens (including phenoxy) is 2. The summed E-state index contributed by atoms with van der Waals surface area (Å²) in [5.41, 5.74) is 0.713. The third-order valence-electron chi connectivity index (χ3n) is 3.37. The molecule has 2 rings (SSSR count). The first-order valence-corrected chi connectivity index (χ1v) is 8.57. The average molecular weight is 383 g/mol. The van der Waals surface area contributed by atoms with E-state index in [0.29, 0.717) is 41.8 Å². The number of rotatable bonds is 9. The van der Waals surface area contributed by atoms with Gasteiger partial charge < -0.3 is 20.1 Å². The fourth-order valence-electron chi connectivity index (χ4n) is 2.07. The molecule has 0 spiro atoms. The van der Waals surface area contributed by atoms with Gasteiger partial charge in [0.2, 0.25) is 5.91 Å². The average Bonchev–Trinajstić information content (AvgIpc) is 2.63. The van der Waals surface area contributed by atoms with Gasteiger partial charge in [-0.15, -0.1) is 0 Å². The first-order chi connectivity index (χ1) is 12.1. The number of hydrogen-bond acceptors (Lipinski definition) is 4. The molecule has 0 aliphatic carbocycles. The van der Waals surface area contributed by atoms with Crippen molar-refractivity contribution in [3.05, 3.63) is 52.5 Å². The highest BCUT2D eigenvalue weighted by atomic mass is 35.5. The molecule has 0 atom stereocenters. The monoisotopic (exact) mass is 382 g/mol. The summed E-state index contributed by atoms with van der Waals surface area (Å²) in [6, 6.07) is 12.6. The number of hydrogen-bond donors (Lipinski definition) is 2. The number of nitrogens with one attached hydrogen (secondary N) is 2. The van der Waals surface area contributed by atoms with Gasteiger partial charge in [-0.25, -0.2) is 0 Å². The highest BCUT2D eigenvalue weighted by Gasteiger charge is 2.05. The fourth-order valence-corrected chi connectivity index (χ4v) is 2.44. The van der Waals surface area contributed by atoms with Gasteiger partial charge >= 0.3 is 0 Å². The second-order valence-corrected chi connectivity index (χ2v) is 5.94. The molecule has 0 aliphatic rings. The summed E-state index contributed by atoms with van der Waals surface area (Å²) in [6.07, 6.45) is 0.325. The number of benzene rings is 2. The van der Waals surface area contributed by atoms with E-state index < -0.39 is 0 Å². The minimum absolute atomic E-state index is 0.0658. The third kappa shape index (κ3) is 6.36. The van der Waals surface area contributed by atoms with Crippen molar-refractivity contribution >= 4 is 34.8 Å². The molecular formula is C18H20Cl2N2O3. The molecule has 25 heavy (non-hydrogen) atoms. The molecule has 0 radical (unpaired) electrons. The first-order valence-electron chi connectivity index (χ1n) is 7.81. The Bertz CT molecular complexity index is 693. The second kappa shape index (κ2) is 10.0. The number of carbonyl (C=O) groups excluding carboxylic acids is 1. The van der Waals surface area contributed by atoms with Crippen LogP contribution in [0.3, 0.4) is 0 Å². The lowest BCUT2D eigenvalue weighted by Gasteiger charge is -2.10. The Morgan fingerprint density at radius 2 is 1.76 bits per heavy atom. The van der Waals surface area contributed by atoms with E-state index in [1.807, 2.05) is 30.3 Å². The SMILES string of the molecule is COc1ccc(OCCNC(=O)CCNc2cccc(Cl)c2Cl)cc1. The first kappa shape index (κ1) is 19.2. The molecule has 0 bridgehead atoms. The predicted molar refractivity (Wildman–Crippen MR) is 101 cm³/mol. The van der Waals surface area contributed by atoms with Gasteiger partial charge in [0.05, 0.1) is 29.4 Å². The Morgan fingerprint density at radius 1 is 1.04 bits per heavy atom. The number of halogens is 2. The van der Waals surface area contributed by atoms with Crippen molar-refractivity contribution in [2.24, 2.45) is 0 Å². The van der Waals surface area contributed by atoms with Crippen LogP contribution in [0.2, 0.25) is 10.0 Å². The van der Waals surface area contributed by atoms with Crippen LogP contribution in [-0.2, 0) is 4.79 Å². The van der Waals surface area contributed by atoms with E-state index in [9.17, 15) is 4.79 Å². The molecular weight excluding hydrogens is 363 g/mol. The van der Waals surface area contributed by atoms with Crippen molar-refractivity contribution in [3.8, 4) is 11.5 Å². The molecule has 7 heteroatoms. The van der Waals surface area contributed by atoms with Crippen LogP contribution in [-0.4, -0.2) is 32.7 Å². The summed E-state index contributed by atoms with van der Waals surface area (Å²) in [7, 11) is 1.61. The molecule has 134 valence electrons. The van der Waals surface area contributed by atoms with E-state index in [1.165, 1.54) is 0 Å². The summed E-state index contributed by atoms with van der Waals surface area (Å²) in [5.74, 6) is 1.43. The maximum atomic E-state index is 11.8. The van der Waals surface area contributed by atoms with Crippen LogP contribution in [0.4, 0.5) is 5.69 Å². The minimum Gasteiger partial charge on any atom is -0.497 e. The van der Waals surface area contributed by atoms with Crippen LogP contribution >= 0.6 is 23.2 Å². The highest BCUT2D eigenvalue weighted by Crippen LogP contribution is 2.29. The molecule has 2 aromatic carbocycles. The Hall–Kier alpha value is -2.11. The lowest BCUT2D eigenvalue weighted by atomic mass is 10.3. The molecule has 5 nitrogen and oxygen atoms in total. The summed E-state index contributed by atoms with van der Waals surface area (Å²) in [4.78, 5) is 11.8. The number of methoxy groups -OCH3 is 1. The van der Waals surface area contributed by atoms with Crippen LogP contribution in [0.1, 0.15) is 6.42 Å². The topological polar surface area (TPSA) is 59.6 Å². The van der Waals surface area contributed by atoms with Crippen molar-refractivity contribution in [3.63, 3.8) is 0 Å². The van der Waals surface area contributed by atoms with Gasteiger partial charge in [0.1, 0.15) is 18.1 Å². The molecule has 1 amide bonds. The second-order valence-electron chi connectivity index (χ2n) is 5.15. The van der Waals surface area contributed by atoms with Crippen LogP contribution in [0.5, 0.6) is 11.5 Å². The number of amides is 1. The fraction of sp³-hybridized carbons (Fsp3) is 0.278. The van der Waals surface area contributed by atoms with E-state index in [1.54, 1.807) is 19.2 Å². The zero-order chi connectivity index (χ0) is 18.1.